The highest BCUT2D eigenvalue weighted by molar-refractivity contribution is 6.46. The van der Waals surface area contributed by atoms with Gasteiger partial charge in [-0.05, 0) is 31.5 Å². The number of methoxy groups -OCH3 is 3. The third-order valence-corrected chi connectivity index (χ3v) is 5.65. The Hall–Kier alpha value is -4.26. The molecule has 0 saturated carbocycles. The van der Waals surface area contributed by atoms with Crippen LogP contribution in [0, 0.1) is 13.8 Å². The van der Waals surface area contributed by atoms with Crippen LogP contribution in [0.5, 0.6) is 17.2 Å². The van der Waals surface area contributed by atoms with Crippen molar-refractivity contribution < 1.29 is 23.8 Å². The SMILES string of the molecule is COc1cc(NC2=C(c3ccc(C)cc3)C(=O)N(c3ccc(C)cc3)C2=O)cc(OC)c1OC. The molecule has 0 radical (unpaired) electrons. The summed E-state index contributed by atoms with van der Waals surface area (Å²) in [5.41, 5.74) is 4.21. The van der Waals surface area contributed by atoms with Gasteiger partial charge in [-0.25, -0.2) is 4.90 Å². The van der Waals surface area contributed by atoms with Crippen molar-refractivity contribution in [2.45, 2.75) is 13.8 Å². The number of rotatable bonds is 7. The summed E-state index contributed by atoms with van der Waals surface area (Å²) in [6.45, 7) is 3.91. The number of nitrogens with one attached hydrogen (secondary N) is 1. The minimum Gasteiger partial charge on any atom is -0.493 e. The van der Waals surface area contributed by atoms with Crippen molar-refractivity contribution >= 4 is 28.8 Å². The van der Waals surface area contributed by atoms with E-state index >= 15 is 0 Å². The quantitative estimate of drug-likeness (QED) is 0.516. The molecule has 2 amide bonds. The second-order valence-corrected chi connectivity index (χ2v) is 7.94. The lowest BCUT2D eigenvalue weighted by molar-refractivity contribution is -0.120. The summed E-state index contributed by atoms with van der Waals surface area (Å²) < 4.78 is 16.3. The number of ether oxygens (including phenoxy) is 3. The normalized spacial score (nSPS) is 13.4. The summed E-state index contributed by atoms with van der Waals surface area (Å²) in [6.07, 6.45) is 0. The van der Waals surface area contributed by atoms with Gasteiger partial charge in [0.15, 0.2) is 11.5 Å². The molecule has 34 heavy (non-hydrogen) atoms. The molecule has 0 bridgehead atoms. The Bertz CT molecular complexity index is 1250. The average molecular weight is 459 g/mol. The highest BCUT2D eigenvalue weighted by Crippen LogP contribution is 2.41. The summed E-state index contributed by atoms with van der Waals surface area (Å²) >= 11 is 0. The third-order valence-electron chi connectivity index (χ3n) is 5.65. The zero-order valence-electron chi connectivity index (χ0n) is 19.8. The van der Waals surface area contributed by atoms with Crippen LogP contribution in [0.3, 0.4) is 0 Å². The van der Waals surface area contributed by atoms with Crippen molar-refractivity contribution in [3.05, 3.63) is 83.1 Å². The molecule has 174 valence electrons. The molecule has 0 aromatic heterocycles. The lowest BCUT2D eigenvalue weighted by Gasteiger charge is -2.17. The van der Waals surface area contributed by atoms with Gasteiger partial charge in [-0.3, -0.25) is 9.59 Å². The van der Waals surface area contributed by atoms with Gasteiger partial charge in [-0.15, -0.1) is 0 Å². The van der Waals surface area contributed by atoms with E-state index in [0.29, 0.717) is 39.8 Å². The molecule has 0 aliphatic carbocycles. The fourth-order valence-electron chi connectivity index (χ4n) is 3.86. The molecule has 7 heteroatoms. The van der Waals surface area contributed by atoms with Gasteiger partial charge in [-0.1, -0.05) is 47.5 Å². The summed E-state index contributed by atoms with van der Waals surface area (Å²) in [7, 11) is 4.55. The van der Waals surface area contributed by atoms with Gasteiger partial charge in [0.25, 0.3) is 11.8 Å². The number of carbonyl (C=O) groups excluding carboxylic acids is 2. The summed E-state index contributed by atoms with van der Waals surface area (Å²) in [6, 6.07) is 18.1. The molecule has 4 rings (SSSR count). The third kappa shape index (κ3) is 4.08. The predicted molar refractivity (Wildman–Crippen MR) is 131 cm³/mol. The Morgan fingerprint density at radius 3 is 1.74 bits per heavy atom. The van der Waals surface area contributed by atoms with Gasteiger partial charge in [0.05, 0.1) is 32.6 Å². The molecule has 0 spiro atoms. The number of hydrogen-bond acceptors (Lipinski definition) is 6. The van der Waals surface area contributed by atoms with Crippen LogP contribution in [0.25, 0.3) is 5.57 Å². The fourth-order valence-corrected chi connectivity index (χ4v) is 3.86. The van der Waals surface area contributed by atoms with E-state index in [2.05, 4.69) is 5.32 Å². The molecule has 0 saturated heterocycles. The molecule has 3 aromatic rings. The van der Waals surface area contributed by atoms with Crippen LogP contribution in [0.15, 0.2) is 66.4 Å². The van der Waals surface area contributed by atoms with Crippen molar-refractivity contribution in [1.29, 1.82) is 0 Å². The number of imide groups is 1. The molecular weight excluding hydrogens is 432 g/mol. The summed E-state index contributed by atoms with van der Waals surface area (Å²) in [5, 5.41) is 3.15. The Balaban J connectivity index is 1.84. The first-order valence-electron chi connectivity index (χ1n) is 10.7. The van der Waals surface area contributed by atoms with Crippen molar-refractivity contribution in [3.8, 4) is 17.2 Å². The van der Waals surface area contributed by atoms with Crippen molar-refractivity contribution in [1.82, 2.24) is 0 Å². The minimum atomic E-state index is -0.446. The molecular formula is C27H26N2O5. The van der Waals surface area contributed by atoms with E-state index in [9.17, 15) is 9.59 Å². The highest BCUT2D eigenvalue weighted by Gasteiger charge is 2.40. The monoisotopic (exact) mass is 458 g/mol. The fraction of sp³-hybridized carbons (Fsp3) is 0.185. The maximum Gasteiger partial charge on any atom is 0.282 e. The number of benzene rings is 3. The van der Waals surface area contributed by atoms with Crippen LogP contribution in [-0.4, -0.2) is 33.1 Å². The average Bonchev–Trinajstić information content (AvgIpc) is 3.08. The van der Waals surface area contributed by atoms with Crippen LogP contribution in [0.2, 0.25) is 0 Å². The maximum atomic E-state index is 13.6. The number of nitrogens with zero attached hydrogens (tertiary/aromatic N) is 1. The van der Waals surface area contributed by atoms with Crippen LogP contribution in [-0.2, 0) is 9.59 Å². The zero-order chi connectivity index (χ0) is 24.4. The Morgan fingerprint density at radius 2 is 1.24 bits per heavy atom. The Morgan fingerprint density at radius 1 is 0.706 bits per heavy atom. The molecule has 0 fully saturated rings. The smallest absolute Gasteiger partial charge is 0.282 e. The number of amides is 2. The minimum absolute atomic E-state index is 0.170. The standard InChI is InChI=1S/C27H26N2O5/c1-16-6-10-18(11-7-16)23-24(27(31)29(26(23)30)20-12-8-17(2)9-13-20)28-19-14-21(32-3)25(34-5)22(15-19)33-4/h6-15,28H,1-5H3. The van der Waals surface area contributed by atoms with Gasteiger partial charge < -0.3 is 19.5 Å². The molecule has 1 heterocycles. The predicted octanol–water partition coefficient (Wildman–Crippen LogP) is 4.73. The molecule has 0 unspecified atom stereocenters. The number of hydrogen-bond donors (Lipinski definition) is 1. The van der Waals surface area contributed by atoms with E-state index < -0.39 is 11.8 Å². The topological polar surface area (TPSA) is 77.1 Å². The van der Waals surface area contributed by atoms with Gasteiger partial charge in [0, 0.05) is 17.8 Å². The van der Waals surface area contributed by atoms with Crippen molar-refractivity contribution in [2.75, 3.05) is 31.5 Å². The summed E-state index contributed by atoms with van der Waals surface area (Å²) in [4.78, 5) is 28.3. The first kappa shape index (κ1) is 22.9. The van der Waals surface area contributed by atoms with Gasteiger partial charge >= 0.3 is 0 Å². The summed E-state index contributed by atoms with van der Waals surface area (Å²) in [5.74, 6) is 0.437. The molecule has 3 aromatic carbocycles. The van der Waals surface area contributed by atoms with E-state index in [0.717, 1.165) is 11.1 Å². The second-order valence-electron chi connectivity index (χ2n) is 7.94. The van der Waals surface area contributed by atoms with Gasteiger partial charge in [-0.2, -0.15) is 0 Å². The lowest BCUT2D eigenvalue weighted by Crippen LogP contribution is -2.32. The first-order chi connectivity index (χ1) is 16.4. The first-order valence-corrected chi connectivity index (χ1v) is 10.7. The van der Waals surface area contributed by atoms with E-state index in [4.69, 9.17) is 14.2 Å². The van der Waals surface area contributed by atoms with Crippen LogP contribution in [0.4, 0.5) is 11.4 Å². The number of anilines is 2. The zero-order valence-corrected chi connectivity index (χ0v) is 19.8. The number of carbonyl (C=O) groups is 2. The van der Waals surface area contributed by atoms with E-state index in [-0.39, 0.29) is 5.70 Å². The van der Waals surface area contributed by atoms with E-state index in [1.807, 2.05) is 50.2 Å². The van der Waals surface area contributed by atoms with Crippen LogP contribution in [0.1, 0.15) is 16.7 Å². The van der Waals surface area contributed by atoms with E-state index in [1.54, 1.807) is 24.3 Å². The van der Waals surface area contributed by atoms with Gasteiger partial charge in [0.1, 0.15) is 5.70 Å². The highest BCUT2D eigenvalue weighted by atomic mass is 16.5. The van der Waals surface area contributed by atoms with Crippen LogP contribution >= 0.6 is 0 Å². The molecule has 1 N–H and O–H groups in total. The van der Waals surface area contributed by atoms with Crippen LogP contribution < -0.4 is 24.4 Å². The van der Waals surface area contributed by atoms with Crippen molar-refractivity contribution in [2.24, 2.45) is 0 Å². The van der Waals surface area contributed by atoms with Crippen molar-refractivity contribution in [3.63, 3.8) is 0 Å². The molecule has 7 nitrogen and oxygen atoms in total. The maximum absolute atomic E-state index is 13.6. The number of aryl methyl sites for hydroxylation is 2. The Kier molecular flexibility index (Phi) is 6.27. The lowest BCUT2D eigenvalue weighted by atomic mass is 10.0. The van der Waals surface area contributed by atoms with Gasteiger partial charge in [0.2, 0.25) is 5.75 Å². The molecule has 1 aliphatic rings. The largest absolute Gasteiger partial charge is 0.493 e. The molecule has 0 atom stereocenters. The van der Waals surface area contributed by atoms with E-state index in [1.165, 1.54) is 26.2 Å². The Labute approximate surface area is 198 Å². The second kappa shape index (κ2) is 9.31. The molecule has 1 aliphatic heterocycles.